The number of unbranched alkanes of at least 4 members (excludes halogenated alkanes) is 3. The van der Waals surface area contributed by atoms with Crippen LogP contribution >= 0.6 is 0 Å². The van der Waals surface area contributed by atoms with Crippen LogP contribution in [0.3, 0.4) is 0 Å². The van der Waals surface area contributed by atoms with Gasteiger partial charge in [0.15, 0.2) is 0 Å². The molecule has 0 spiro atoms. The predicted octanol–water partition coefficient (Wildman–Crippen LogP) is 4.95. The van der Waals surface area contributed by atoms with Gasteiger partial charge >= 0.3 is 26.2 Å². The number of aliphatic carboxylic acids is 1. The van der Waals surface area contributed by atoms with Crippen LogP contribution in [0.4, 0.5) is 0 Å². The van der Waals surface area contributed by atoms with Crippen molar-refractivity contribution in [2.24, 2.45) is 0 Å². The molecule has 0 aromatic carbocycles. The summed E-state index contributed by atoms with van der Waals surface area (Å²) in [6.07, 6.45) is 6.83. The summed E-state index contributed by atoms with van der Waals surface area (Å²) in [6.45, 7) is 18.2. The maximum atomic E-state index is 9.00. The maximum absolute atomic E-state index is 9.00. The van der Waals surface area contributed by atoms with Crippen molar-refractivity contribution in [3.8, 4) is 0 Å². The SMILES string of the molecule is CC(=O)O.[CH2-]CCC.[CH2-]CCC.[CH2-]CCC.[Zr+3]. The monoisotopic (exact) mass is 321 g/mol. The van der Waals surface area contributed by atoms with Crippen LogP contribution in [0.25, 0.3) is 0 Å². The first-order chi connectivity index (χ1) is 7.47. The van der Waals surface area contributed by atoms with Gasteiger partial charge in [-0.3, -0.25) is 4.79 Å². The Kier molecular flexibility index (Phi) is 78.8. The summed E-state index contributed by atoms with van der Waals surface area (Å²) in [6, 6.07) is 0. The van der Waals surface area contributed by atoms with Gasteiger partial charge in [0, 0.05) is 6.92 Å². The van der Waals surface area contributed by atoms with Crippen molar-refractivity contribution in [1.29, 1.82) is 0 Å². The van der Waals surface area contributed by atoms with Gasteiger partial charge in [-0.05, 0) is 0 Å². The van der Waals surface area contributed by atoms with E-state index in [9.17, 15) is 0 Å². The summed E-state index contributed by atoms with van der Waals surface area (Å²) in [4.78, 5) is 9.00. The van der Waals surface area contributed by atoms with Gasteiger partial charge in [-0.15, -0.1) is 0 Å². The molecular weight excluding hydrogens is 291 g/mol. The van der Waals surface area contributed by atoms with Crippen molar-refractivity contribution in [2.75, 3.05) is 0 Å². The molecule has 1 radical (unpaired) electrons. The minimum atomic E-state index is -0.833. The first kappa shape index (κ1) is 30.4. The quantitative estimate of drug-likeness (QED) is 0.746. The van der Waals surface area contributed by atoms with Gasteiger partial charge in [-0.25, -0.2) is 0 Å². The molecule has 0 heterocycles. The summed E-state index contributed by atoms with van der Waals surface area (Å²) in [5.41, 5.74) is 0. The van der Waals surface area contributed by atoms with E-state index in [0.29, 0.717) is 0 Å². The summed E-state index contributed by atoms with van der Waals surface area (Å²) in [5, 5.41) is 7.42. The van der Waals surface area contributed by atoms with E-state index in [1.165, 1.54) is 19.3 Å². The summed E-state index contributed by atoms with van der Waals surface area (Å²) in [7, 11) is 0. The van der Waals surface area contributed by atoms with Crippen molar-refractivity contribution in [2.45, 2.75) is 66.2 Å². The third-order valence-electron chi connectivity index (χ3n) is 1.06. The van der Waals surface area contributed by atoms with Crippen molar-refractivity contribution in [3.05, 3.63) is 20.8 Å². The van der Waals surface area contributed by atoms with Crippen LogP contribution in [-0.2, 0) is 31.0 Å². The van der Waals surface area contributed by atoms with Gasteiger partial charge in [0.1, 0.15) is 0 Å². The fourth-order valence-electron chi connectivity index (χ4n) is 0. The fourth-order valence-corrected chi connectivity index (χ4v) is 0. The molecule has 0 aliphatic rings. The average molecular weight is 323 g/mol. The first-order valence-electron chi connectivity index (χ1n) is 6.05. The Balaban J connectivity index is -0.0000000369. The summed E-state index contributed by atoms with van der Waals surface area (Å²) < 4.78 is 0. The Morgan fingerprint density at radius 3 is 0.941 bits per heavy atom. The number of hydrogen-bond acceptors (Lipinski definition) is 1. The molecule has 0 saturated carbocycles. The van der Waals surface area contributed by atoms with E-state index in [0.717, 1.165) is 26.2 Å². The second-order valence-corrected chi connectivity index (χ2v) is 3.08. The molecule has 2 nitrogen and oxygen atoms in total. The molecule has 103 valence electrons. The van der Waals surface area contributed by atoms with Gasteiger partial charge in [-0.1, -0.05) is 40.0 Å². The van der Waals surface area contributed by atoms with Crippen molar-refractivity contribution in [3.63, 3.8) is 0 Å². The molecule has 0 amide bonds. The zero-order valence-corrected chi connectivity index (χ0v) is 14.7. The van der Waals surface area contributed by atoms with Crippen LogP contribution < -0.4 is 0 Å². The molecule has 0 aromatic heterocycles. The molecule has 0 aliphatic carbocycles. The molecular formula is C14H31O2Zr. The van der Waals surface area contributed by atoms with Crippen molar-refractivity contribution in [1.82, 2.24) is 0 Å². The Bertz CT molecular complexity index is 76.7. The average Bonchev–Trinajstić information content (AvgIpc) is 2.28. The minimum Gasteiger partial charge on any atom is -0.481 e. The van der Waals surface area contributed by atoms with Gasteiger partial charge < -0.3 is 25.9 Å². The molecule has 0 saturated heterocycles. The van der Waals surface area contributed by atoms with E-state index in [1.54, 1.807) is 0 Å². The van der Waals surface area contributed by atoms with Crippen LogP contribution in [0.5, 0.6) is 0 Å². The minimum absolute atomic E-state index is 0. The topological polar surface area (TPSA) is 37.3 Å². The number of carboxylic acid groups (broad SMARTS) is 1. The zero-order chi connectivity index (χ0) is 13.8. The number of rotatable bonds is 3. The predicted molar refractivity (Wildman–Crippen MR) is 74.1 cm³/mol. The van der Waals surface area contributed by atoms with E-state index in [1.807, 2.05) is 0 Å². The molecule has 1 N–H and O–H groups in total. The molecule has 3 heteroatoms. The summed E-state index contributed by atoms with van der Waals surface area (Å²) >= 11 is 0. The number of hydrogen-bond donors (Lipinski definition) is 1. The van der Waals surface area contributed by atoms with Gasteiger partial charge in [-0.2, -0.15) is 19.3 Å². The molecule has 0 rings (SSSR count). The first-order valence-corrected chi connectivity index (χ1v) is 6.05. The van der Waals surface area contributed by atoms with E-state index in [-0.39, 0.29) is 26.2 Å². The van der Waals surface area contributed by atoms with E-state index < -0.39 is 5.97 Å². The molecule has 17 heavy (non-hydrogen) atoms. The van der Waals surface area contributed by atoms with E-state index in [4.69, 9.17) is 9.90 Å². The van der Waals surface area contributed by atoms with E-state index in [2.05, 4.69) is 41.5 Å². The van der Waals surface area contributed by atoms with Crippen LogP contribution in [0, 0.1) is 20.8 Å². The fraction of sp³-hybridized carbons (Fsp3) is 0.714. The van der Waals surface area contributed by atoms with Gasteiger partial charge in [0.25, 0.3) is 5.97 Å². The Morgan fingerprint density at radius 2 is 0.941 bits per heavy atom. The molecule has 0 atom stereocenters. The zero-order valence-electron chi connectivity index (χ0n) is 12.2. The Morgan fingerprint density at radius 1 is 0.882 bits per heavy atom. The van der Waals surface area contributed by atoms with Crippen LogP contribution in [0.2, 0.25) is 0 Å². The van der Waals surface area contributed by atoms with Crippen molar-refractivity contribution < 1.29 is 36.1 Å². The van der Waals surface area contributed by atoms with Crippen molar-refractivity contribution >= 4 is 5.97 Å². The third-order valence-corrected chi connectivity index (χ3v) is 1.06. The second kappa shape index (κ2) is 44.1. The number of carboxylic acids is 1. The maximum Gasteiger partial charge on any atom is 3.00 e. The molecule has 0 aromatic rings. The van der Waals surface area contributed by atoms with Crippen LogP contribution in [-0.4, -0.2) is 11.1 Å². The standard InChI is InChI=1S/3C4H9.C2H4O2.Zr/c3*1-3-4-2;1-2(3)4;/h3*1,3-4H2,2H3;1H3,(H,3,4);/q3*-1;;+3. The Labute approximate surface area is 129 Å². The summed E-state index contributed by atoms with van der Waals surface area (Å²) in [5.74, 6) is -0.833. The smallest absolute Gasteiger partial charge is 0.481 e. The van der Waals surface area contributed by atoms with Gasteiger partial charge in [0.2, 0.25) is 0 Å². The Hall–Kier alpha value is 0.353. The second-order valence-electron chi connectivity index (χ2n) is 3.08. The van der Waals surface area contributed by atoms with E-state index >= 15 is 0 Å². The van der Waals surface area contributed by atoms with Crippen LogP contribution in [0.1, 0.15) is 66.2 Å². The normalized spacial score (nSPS) is 6.76. The number of carbonyl (C=O) groups is 1. The van der Waals surface area contributed by atoms with Gasteiger partial charge in [0.05, 0.1) is 0 Å². The molecule has 0 fully saturated rings. The molecule has 0 unspecified atom stereocenters. The molecule has 0 aliphatic heterocycles. The molecule has 0 bridgehead atoms. The largest absolute Gasteiger partial charge is 3.00 e. The third kappa shape index (κ3) is 300. The van der Waals surface area contributed by atoms with Crippen LogP contribution in [0.15, 0.2) is 0 Å².